The van der Waals surface area contributed by atoms with E-state index < -0.39 is 11.7 Å². The van der Waals surface area contributed by atoms with Crippen molar-refractivity contribution in [3.63, 3.8) is 0 Å². The molecule has 1 amide bonds. The quantitative estimate of drug-likeness (QED) is 0.808. The van der Waals surface area contributed by atoms with Gasteiger partial charge in [0, 0.05) is 19.6 Å². The van der Waals surface area contributed by atoms with Crippen molar-refractivity contribution in [1.29, 1.82) is 5.26 Å². The fourth-order valence-electron chi connectivity index (χ4n) is 1.57. The minimum absolute atomic E-state index is 0.420. The van der Waals surface area contributed by atoms with E-state index in [9.17, 15) is 4.79 Å². The van der Waals surface area contributed by atoms with Gasteiger partial charge in [0.25, 0.3) is 0 Å². The minimum atomic E-state index is -0.483. The molecule has 1 rings (SSSR count). The Labute approximate surface area is 119 Å². The Morgan fingerprint density at radius 2 is 2.00 bits per heavy atom. The fourth-order valence-corrected chi connectivity index (χ4v) is 1.57. The average Bonchev–Trinajstić information content (AvgIpc) is 2.36. The highest BCUT2D eigenvalue weighted by Crippen LogP contribution is 2.07. The van der Waals surface area contributed by atoms with Crippen LogP contribution in [0.15, 0.2) is 24.3 Å². The van der Waals surface area contributed by atoms with E-state index in [0.717, 1.165) is 5.56 Å². The number of rotatable bonds is 5. The molecule has 0 bridgehead atoms. The van der Waals surface area contributed by atoms with Gasteiger partial charge >= 0.3 is 6.09 Å². The van der Waals surface area contributed by atoms with Gasteiger partial charge in [-0.15, -0.1) is 0 Å². The van der Waals surface area contributed by atoms with Crippen LogP contribution < -0.4 is 10.6 Å². The number of amides is 1. The Morgan fingerprint density at radius 1 is 1.30 bits per heavy atom. The Morgan fingerprint density at radius 3 is 2.65 bits per heavy atom. The lowest BCUT2D eigenvalue weighted by atomic mass is 10.1. The van der Waals surface area contributed by atoms with Gasteiger partial charge in [-0.05, 0) is 32.4 Å². The molecule has 0 aliphatic heterocycles. The first-order valence-electron chi connectivity index (χ1n) is 6.58. The molecule has 0 aromatic heterocycles. The lowest BCUT2D eigenvalue weighted by molar-refractivity contribution is 0.0528. The Kier molecular flexibility index (Phi) is 6.01. The van der Waals surface area contributed by atoms with Crippen molar-refractivity contribution in [1.82, 2.24) is 10.6 Å². The summed E-state index contributed by atoms with van der Waals surface area (Å²) in [5.41, 5.74) is 1.14. The van der Waals surface area contributed by atoms with Gasteiger partial charge in [0.1, 0.15) is 5.60 Å². The maximum Gasteiger partial charge on any atom is 0.407 e. The highest BCUT2D eigenvalue weighted by atomic mass is 16.6. The predicted octanol–water partition coefficient (Wildman–Crippen LogP) is 2.17. The van der Waals surface area contributed by atoms with E-state index in [1.165, 1.54) is 0 Å². The van der Waals surface area contributed by atoms with Crippen LogP contribution in [-0.4, -0.2) is 24.8 Å². The highest BCUT2D eigenvalue weighted by Gasteiger charge is 2.15. The van der Waals surface area contributed by atoms with Gasteiger partial charge in [0.2, 0.25) is 0 Å². The number of nitriles is 1. The van der Waals surface area contributed by atoms with Gasteiger partial charge in [0.15, 0.2) is 0 Å². The average molecular weight is 275 g/mol. The molecule has 0 saturated carbocycles. The van der Waals surface area contributed by atoms with Gasteiger partial charge in [-0.1, -0.05) is 18.2 Å². The molecule has 5 heteroatoms. The SMILES string of the molecule is CC(C)(C)OC(=O)NCCNCc1ccccc1C#N. The summed E-state index contributed by atoms with van der Waals surface area (Å²) < 4.78 is 5.12. The molecule has 0 fully saturated rings. The molecule has 0 atom stereocenters. The van der Waals surface area contributed by atoms with Crippen LogP contribution in [0.3, 0.4) is 0 Å². The highest BCUT2D eigenvalue weighted by molar-refractivity contribution is 5.67. The largest absolute Gasteiger partial charge is 0.444 e. The summed E-state index contributed by atoms with van der Waals surface area (Å²) in [5, 5.41) is 14.8. The second-order valence-corrected chi connectivity index (χ2v) is 5.37. The predicted molar refractivity (Wildman–Crippen MR) is 77.1 cm³/mol. The monoisotopic (exact) mass is 275 g/mol. The molecule has 0 saturated heterocycles. The third-order valence-electron chi connectivity index (χ3n) is 2.42. The molecule has 0 heterocycles. The molecule has 0 radical (unpaired) electrons. The Hall–Kier alpha value is -2.06. The topological polar surface area (TPSA) is 74.2 Å². The second-order valence-electron chi connectivity index (χ2n) is 5.37. The number of benzene rings is 1. The normalized spacial score (nSPS) is 10.7. The van der Waals surface area contributed by atoms with E-state index in [2.05, 4.69) is 16.7 Å². The molecule has 1 aromatic rings. The van der Waals surface area contributed by atoms with Crippen molar-refractivity contribution >= 4 is 6.09 Å². The summed E-state index contributed by atoms with van der Waals surface area (Å²) in [6.45, 7) is 7.15. The third-order valence-corrected chi connectivity index (χ3v) is 2.42. The van der Waals surface area contributed by atoms with Crippen molar-refractivity contribution < 1.29 is 9.53 Å². The number of carbonyl (C=O) groups is 1. The zero-order valence-electron chi connectivity index (χ0n) is 12.2. The number of ether oxygens (including phenoxy) is 1. The maximum atomic E-state index is 11.4. The lowest BCUT2D eigenvalue weighted by Crippen LogP contribution is -2.36. The van der Waals surface area contributed by atoms with E-state index in [0.29, 0.717) is 25.2 Å². The molecule has 5 nitrogen and oxygen atoms in total. The van der Waals surface area contributed by atoms with Crippen molar-refractivity contribution in [2.75, 3.05) is 13.1 Å². The Bertz CT molecular complexity index is 487. The van der Waals surface area contributed by atoms with Crippen molar-refractivity contribution in [3.8, 4) is 6.07 Å². The molecule has 0 aliphatic rings. The van der Waals surface area contributed by atoms with Gasteiger partial charge in [-0.3, -0.25) is 0 Å². The zero-order valence-corrected chi connectivity index (χ0v) is 12.2. The maximum absolute atomic E-state index is 11.4. The molecule has 20 heavy (non-hydrogen) atoms. The zero-order chi connectivity index (χ0) is 15.0. The molecular formula is C15H21N3O2. The summed E-state index contributed by atoms with van der Waals surface area (Å²) in [6.07, 6.45) is -0.420. The van der Waals surface area contributed by atoms with Crippen molar-refractivity contribution in [3.05, 3.63) is 35.4 Å². The second kappa shape index (κ2) is 7.51. The van der Waals surface area contributed by atoms with Crippen molar-refractivity contribution in [2.24, 2.45) is 0 Å². The van der Waals surface area contributed by atoms with Crippen LogP contribution in [0.5, 0.6) is 0 Å². The van der Waals surface area contributed by atoms with Gasteiger partial charge < -0.3 is 15.4 Å². The molecule has 1 aromatic carbocycles. The molecule has 108 valence electrons. The number of nitrogens with one attached hydrogen (secondary N) is 2. The minimum Gasteiger partial charge on any atom is -0.444 e. The van der Waals surface area contributed by atoms with Crippen LogP contribution in [0.4, 0.5) is 4.79 Å². The standard InChI is InChI=1S/C15H21N3O2/c1-15(2,3)20-14(19)18-9-8-17-11-13-7-5-4-6-12(13)10-16/h4-7,17H,8-9,11H2,1-3H3,(H,18,19). The van der Waals surface area contributed by atoms with E-state index >= 15 is 0 Å². The number of nitrogens with zero attached hydrogens (tertiary/aromatic N) is 1. The summed E-state index contributed by atoms with van der Waals surface area (Å²) in [7, 11) is 0. The third kappa shape index (κ3) is 6.21. The number of carbonyl (C=O) groups excluding carboxylic acids is 1. The molecule has 0 unspecified atom stereocenters. The number of hydrogen-bond donors (Lipinski definition) is 2. The first-order valence-corrected chi connectivity index (χ1v) is 6.58. The van der Waals surface area contributed by atoms with Crippen molar-refractivity contribution in [2.45, 2.75) is 32.9 Å². The number of hydrogen-bond acceptors (Lipinski definition) is 4. The van der Waals surface area contributed by atoms with Gasteiger partial charge in [-0.25, -0.2) is 4.79 Å². The number of alkyl carbamates (subject to hydrolysis) is 1. The first-order chi connectivity index (χ1) is 9.42. The van der Waals surface area contributed by atoms with Crippen LogP contribution in [0.1, 0.15) is 31.9 Å². The van der Waals surface area contributed by atoms with Gasteiger partial charge in [-0.2, -0.15) is 5.26 Å². The van der Waals surface area contributed by atoms with Crippen LogP contribution >= 0.6 is 0 Å². The molecule has 2 N–H and O–H groups in total. The van der Waals surface area contributed by atoms with Crippen LogP contribution in [0.25, 0.3) is 0 Å². The Balaban J connectivity index is 2.23. The van der Waals surface area contributed by atoms with E-state index in [-0.39, 0.29) is 0 Å². The molecule has 0 aliphatic carbocycles. The lowest BCUT2D eigenvalue weighted by Gasteiger charge is -2.19. The van der Waals surface area contributed by atoms with E-state index in [1.54, 1.807) is 6.07 Å². The molecule has 0 spiro atoms. The van der Waals surface area contributed by atoms with Crippen LogP contribution in [-0.2, 0) is 11.3 Å². The van der Waals surface area contributed by atoms with Crippen LogP contribution in [0, 0.1) is 11.3 Å². The first kappa shape index (κ1) is 16.0. The summed E-state index contributed by atoms with van der Waals surface area (Å²) >= 11 is 0. The van der Waals surface area contributed by atoms with Crippen LogP contribution in [0.2, 0.25) is 0 Å². The summed E-state index contributed by atoms with van der Waals surface area (Å²) in [4.78, 5) is 11.4. The summed E-state index contributed by atoms with van der Waals surface area (Å²) in [6, 6.07) is 9.59. The van der Waals surface area contributed by atoms with E-state index in [4.69, 9.17) is 10.00 Å². The fraction of sp³-hybridized carbons (Fsp3) is 0.467. The smallest absolute Gasteiger partial charge is 0.407 e. The molecular weight excluding hydrogens is 254 g/mol. The van der Waals surface area contributed by atoms with Gasteiger partial charge in [0.05, 0.1) is 11.6 Å². The summed E-state index contributed by atoms with van der Waals surface area (Å²) in [5.74, 6) is 0. The van der Waals surface area contributed by atoms with E-state index in [1.807, 2.05) is 39.0 Å².